The summed E-state index contributed by atoms with van der Waals surface area (Å²) in [5.41, 5.74) is 6.35. The summed E-state index contributed by atoms with van der Waals surface area (Å²) < 4.78 is 31.7. The third-order valence-corrected chi connectivity index (χ3v) is 6.30. The fraction of sp³-hybridized carbons (Fsp3) is 0.161. The van der Waals surface area contributed by atoms with Crippen LogP contribution in [0.15, 0.2) is 109 Å². The van der Waals surface area contributed by atoms with Crippen LogP contribution in [0.3, 0.4) is 0 Å². The van der Waals surface area contributed by atoms with Gasteiger partial charge < -0.3 is 15.7 Å². The Kier molecular flexibility index (Phi) is 8.78. The summed E-state index contributed by atoms with van der Waals surface area (Å²) in [6, 6.07) is 37.2. The fourth-order valence-electron chi connectivity index (χ4n) is 4.10. The van der Waals surface area contributed by atoms with Crippen LogP contribution < -0.4 is 10.6 Å². The molecule has 3 N–H and O–H groups in total. The molecule has 1 saturated carbocycles. The van der Waals surface area contributed by atoms with Crippen LogP contribution in [0, 0.1) is 0 Å². The summed E-state index contributed by atoms with van der Waals surface area (Å²) >= 11 is 0. The van der Waals surface area contributed by atoms with Crippen molar-refractivity contribution < 1.29 is 27.9 Å². The molecule has 0 aliphatic heterocycles. The average molecular weight is 533 g/mol. The van der Waals surface area contributed by atoms with Gasteiger partial charge in [0, 0.05) is 29.8 Å². The Morgan fingerprint density at radius 1 is 0.769 bits per heavy atom. The van der Waals surface area contributed by atoms with E-state index < -0.39 is 12.1 Å². The summed E-state index contributed by atoms with van der Waals surface area (Å²) in [7, 11) is 0. The van der Waals surface area contributed by atoms with Crippen LogP contribution in [-0.2, 0) is 11.3 Å². The Balaban J connectivity index is 0.000000448. The maximum Gasteiger partial charge on any atom is 0.490 e. The topological polar surface area (TPSA) is 78.4 Å². The van der Waals surface area contributed by atoms with Gasteiger partial charge in [0.05, 0.1) is 0 Å². The van der Waals surface area contributed by atoms with Gasteiger partial charge in [-0.05, 0) is 52.9 Å². The number of hydrogen-bond acceptors (Lipinski definition) is 3. The van der Waals surface area contributed by atoms with Crippen molar-refractivity contribution in [1.82, 2.24) is 5.32 Å². The zero-order chi connectivity index (χ0) is 27.8. The van der Waals surface area contributed by atoms with Crippen molar-refractivity contribution >= 4 is 17.6 Å². The Bertz CT molecular complexity index is 1380. The summed E-state index contributed by atoms with van der Waals surface area (Å²) in [4.78, 5) is 21.5. The molecule has 1 aliphatic carbocycles. The highest BCUT2D eigenvalue weighted by molar-refractivity contribution is 6.04. The van der Waals surface area contributed by atoms with Crippen molar-refractivity contribution in [2.45, 2.75) is 31.1 Å². The summed E-state index contributed by atoms with van der Waals surface area (Å²) in [5, 5.41) is 13.8. The lowest BCUT2D eigenvalue weighted by Gasteiger charge is -2.08. The Hall–Kier alpha value is -4.43. The van der Waals surface area contributed by atoms with Gasteiger partial charge in [-0.25, -0.2) is 4.79 Å². The van der Waals surface area contributed by atoms with Gasteiger partial charge in [-0.3, -0.25) is 4.79 Å². The number of rotatable bonds is 7. The van der Waals surface area contributed by atoms with Gasteiger partial charge in [-0.2, -0.15) is 13.2 Å². The van der Waals surface area contributed by atoms with Crippen LogP contribution in [0.5, 0.6) is 0 Å². The van der Waals surface area contributed by atoms with E-state index in [1.54, 1.807) is 0 Å². The molecule has 0 saturated heterocycles. The predicted molar refractivity (Wildman–Crippen MR) is 144 cm³/mol. The molecule has 0 aromatic heterocycles. The van der Waals surface area contributed by atoms with Crippen LogP contribution >= 0.6 is 0 Å². The van der Waals surface area contributed by atoms with Crippen LogP contribution in [0.4, 0.5) is 18.9 Å². The molecule has 4 aromatic carbocycles. The van der Waals surface area contributed by atoms with Crippen molar-refractivity contribution in [3.05, 3.63) is 126 Å². The Morgan fingerprint density at radius 2 is 1.31 bits per heavy atom. The molecule has 200 valence electrons. The molecule has 0 bridgehead atoms. The number of hydrogen-bond donors (Lipinski definition) is 3. The van der Waals surface area contributed by atoms with E-state index in [4.69, 9.17) is 9.90 Å². The minimum atomic E-state index is -5.08. The summed E-state index contributed by atoms with van der Waals surface area (Å²) in [6.45, 7) is 0.902. The highest BCUT2D eigenvalue weighted by atomic mass is 19.4. The first-order valence-corrected chi connectivity index (χ1v) is 12.3. The van der Waals surface area contributed by atoms with Gasteiger partial charge in [-0.1, -0.05) is 84.9 Å². The number of aliphatic carboxylic acids is 1. The van der Waals surface area contributed by atoms with E-state index in [9.17, 15) is 18.0 Å². The van der Waals surface area contributed by atoms with E-state index in [1.165, 1.54) is 11.1 Å². The van der Waals surface area contributed by atoms with Gasteiger partial charge in [0.25, 0.3) is 5.91 Å². The second-order valence-corrected chi connectivity index (χ2v) is 9.14. The van der Waals surface area contributed by atoms with Crippen LogP contribution in [-0.4, -0.2) is 29.2 Å². The minimum absolute atomic E-state index is 0.0915. The molecule has 1 amide bonds. The number of carbonyl (C=O) groups is 2. The maximum absolute atomic E-state index is 12.6. The van der Waals surface area contributed by atoms with Gasteiger partial charge in [0.15, 0.2) is 0 Å². The number of alkyl halides is 3. The van der Waals surface area contributed by atoms with E-state index >= 15 is 0 Å². The minimum Gasteiger partial charge on any atom is -0.475 e. The molecule has 39 heavy (non-hydrogen) atoms. The van der Waals surface area contributed by atoms with Crippen molar-refractivity contribution in [2.24, 2.45) is 0 Å². The zero-order valence-corrected chi connectivity index (χ0v) is 20.9. The molecule has 1 fully saturated rings. The van der Waals surface area contributed by atoms with Crippen LogP contribution in [0.1, 0.15) is 33.8 Å². The molecular formula is C31H27F3N2O3. The van der Waals surface area contributed by atoms with Crippen molar-refractivity contribution in [3.63, 3.8) is 0 Å². The van der Waals surface area contributed by atoms with E-state index in [2.05, 4.69) is 59.2 Å². The normalized spacial score (nSPS) is 16.0. The van der Waals surface area contributed by atoms with E-state index in [0.717, 1.165) is 29.8 Å². The monoisotopic (exact) mass is 532 g/mol. The quantitative estimate of drug-likeness (QED) is 0.242. The first kappa shape index (κ1) is 27.6. The van der Waals surface area contributed by atoms with Crippen LogP contribution in [0.2, 0.25) is 0 Å². The van der Waals surface area contributed by atoms with Crippen molar-refractivity contribution in [2.75, 3.05) is 5.32 Å². The Morgan fingerprint density at radius 3 is 1.87 bits per heavy atom. The highest BCUT2D eigenvalue weighted by Gasteiger charge is 2.38. The largest absolute Gasteiger partial charge is 0.490 e. The lowest BCUT2D eigenvalue weighted by molar-refractivity contribution is -0.192. The first-order valence-electron chi connectivity index (χ1n) is 12.3. The number of carbonyl (C=O) groups excluding carboxylic acids is 1. The van der Waals surface area contributed by atoms with Crippen molar-refractivity contribution in [1.29, 1.82) is 0 Å². The predicted octanol–water partition coefficient (Wildman–Crippen LogP) is 6.88. The number of anilines is 1. The standard InChI is InChI=1S/C29H26N2O.C2HF3O2/c32-29(25-13-11-23(12-14-25)22-9-5-2-6-10-22)31-26-17-15-24(16-18-26)27-19-28(27)30-20-21-7-3-1-4-8-21;3-2(4,5)1(6)7/h1-18,27-28,30H,19-20H2,(H,31,32);(H,6,7). The molecule has 0 heterocycles. The van der Waals surface area contributed by atoms with E-state index in [0.29, 0.717) is 17.5 Å². The average Bonchev–Trinajstić information content (AvgIpc) is 3.73. The van der Waals surface area contributed by atoms with E-state index in [1.807, 2.05) is 60.7 Å². The fourth-order valence-corrected chi connectivity index (χ4v) is 4.10. The van der Waals surface area contributed by atoms with Crippen molar-refractivity contribution in [3.8, 4) is 11.1 Å². The number of halogens is 3. The highest BCUT2D eigenvalue weighted by Crippen LogP contribution is 2.41. The van der Waals surface area contributed by atoms with Gasteiger partial charge in [0.2, 0.25) is 0 Å². The molecule has 2 unspecified atom stereocenters. The summed E-state index contributed by atoms with van der Waals surface area (Å²) in [6.07, 6.45) is -3.92. The molecule has 0 radical (unpaired) electrons. The molecule has 0 spiro atoms. The zero-order valence-electron chi connectivity index (χ0n) is 20.9. The van der Waals surface area contributed by atoms with Gasteiger partial charge in [-0.15, -0.1) is 0 Å². The first-order chi connectivity index (χ1) is 18.7. The second-order valence-electron chi connectivity index (χ2n) is 9.14. The lowest BCUT2D eigenvalue weighted by atomic mass is 10.0. The number of carboxylic acids is 1. The van der Waals surface area contributed by atoms with Crippen LogP contribution in [0.25, 0.3) is 11.1 Å². The Labute approximate surface area is 224 Å². The SMILES string of the molecule is O=C(Nc1ccc(C2CC2NCc2ccccc2)cc1)c1ccc(-c2ccccc2)cc1.O=C(O)C(F)(F)F. The molecular weight excluding hydrogens is 505 g/mol. The molecule has 1 aliphatic rings. The smallest absolute Gasteiger partial charge is 0.475 e. The molecule has 5 nitrogen and oxygen atoms in total. The maximum atomic E-state index is 12.6. The summed E-state index contributed by atoms with van der Waals surface area (Å²) in [5.74, 6) is -2.30. The lowest BCUT2D eigenvalue weighted by Crippen LogP contribution is -2.21. The number of amides is 1. The second kappa shape index (κ2) is 12.4. The van der Waals surface area contributed by atoms with Gasteiger partial charge >= 0.3 is 12.1 Å². The molecule has 5 rings (SSSR count). The number of carboxylic acid groups (broad SMARTS) is 1. The third kappa shape index (κ3) is 8.02. The van der Waals surface area contributed by atoms with E-state index in [-0.39, 0.29) is 5.91 Å². The third-order valence-electron chi connectivity index (χ3n) is 6.30. The number of nitrogens with one attached hydrogen (secondary N) is 2. The molecule has 4 aromatic rings. The van der Waals surface area contributed by atoms with Gasteiger partial charge in [0.1, 0.15) is 0 Å². The number of benzene rings is 4. The molecule has 8 heteroatoms. The molecule has 2 atom stereocenters.